The zero-order valence-corrected chi connectivity index (χ0v) is 9.75. The van der Waals surface area contributed by atoms with E-state index >= 15 is 0 Å². The first kappa shape index (κ1) is 10.4. The molecule has 0 saturated carbocycles. The van der Waals surface area contributed by atoms with Gasteiger partial charge in [-0.3, -0.25) is 4.79 Å². The number of carbonyl (C=O) groups is 1. The summed E-state index contributed by atoms with van der Waals surface area (Å²) in [7, 11) is 0. The van der Waals surface area contributed by atoms with Gasteiger partial charge in [-0.2, -0.15) is 0 Å². The van der Waals surface area contributed by atoms with Crippen LogP contribution in [0.3, 0.4) is 0 Å². The van der Waals surface area contributed by atoms with E-state index in [0.29, 0.717) is 13.0 Å². The first-order valence-electron chi connectivity index (χ1n) is 4.83. The van der Waals surface area contributed by atoms with Crippen molar-refractivity contribution in [3.05, 3.63) is 40.3 Å². The van der Waals surface area contributed by atoms with Crippen LogP contribution < -0.4 is 5.32 Å². The molecule has 2 rings (SSSR count). The molecule has 4 heteroatoms. The van der Waals surface area contributed by atoms with Gasteiger partial charge in [-0.1, -0.05) is 6.07 Å². The normalized spacial score (nSPS) is 15.3. The quantitative estimate of drug-likeness (QED) is 0.853. The minimum Gasteiger partial charge on any atom is -0.383 e. The van der Waals surface area contributed by atoms with Gasteiger partial charge in [0.25, 0.3) is 0 Å². The zero-order chi connectivity index (χ0) is 10.7. The van der Waals surface area contributed by atoms with Gasteiger partial charge in [-0.15, -0.1) is 0 Å². The number of aromatic nitrogens is 1. The molecule has 0 unspecified atom stereocenters. The predicted octanol–water partition coefficient (Wildman–Crippen LogP) is 2.18. The molecule has 0 aliphatic heterocycles. The summed E-state index contributed by atoms with van der Waals surface area (Å²) in [6, 6.07) is 5.79. The number of allylic oxidation sites excluding steroid dienone is 2. The molecule has 15 heavy (non-hydrogen) atoms. The van der Waals surface area contributed by atoms with Gasteiger partial charge < -0.3 is 5.32 Å². The average Bonchev–Trinajstić information content (AvgIpc) is 2.62. The van der Waals surface area contributed by atoms with Gasteiger partial charge in [-0.25, -0.2) is 4.98 Å². The van der Waals surface area contributed by atoms with E-state index in [2.05, 4.69) is 26.2 Å². The molecule has 1 aromatic heterocycles. The molecule has 0 bridgehead atoms. The molecule has 1 heterocycles. The molecule has 3 nitrogen and oxygen atoms in total. The Bertz CT molecular complexity index is 415. The van der Waals surface area contributed by atoms with Crippen molar-refractivity contribution < 1.29 is 4.79 Å². The third-order valence-electron chi connectivity index (χ3n) is 2.25. The summed E-state index contributed by atoms with van der Waals surface area (Å²) in [5.74, 6) is 0.208. The van der Waals surface area contributed by atoms with Crippen molar-refractivity contribution in [3.8, 4) is 0 Å². The standard InChI is InChI=1S/C11H11BrN2O/c12-11-3-1-2-9(14-11)7-13-8-4-5-10(15)6-8/h1-3,6,13H,4-5,7H2. The maximum absolute atomic E-state index is 11.0. The van der Waals surface area contributed by atoms with Crippen LogP contribution in [-0.2, 0) is 11.3 Å². The lowest BCUT2D eigenvalue weighted by atomic mass is 10.3. The van der Waals surface area contributed by atoms with Crippen molar-refractivity contribution in [2.45, 2.75) is 19.4 Å². The highest BCUT2D eigenvalue weighted by Crippen LogP contribution is 2.13. The Hall–Kier alpha value is -1.16. The number of carbonyl (C=O) groups excluding carboxylic acids is 1. The first-order chi connectivity index (χ1) is 7.24. The highest BCUT2D eigenvalue weighted by atomic mass is 79.9. The number of halogens is 1. The number of hydrogen-bond donors (Lipinski definition) is 1. The van der Waals surface area contributed by atoms with Crippen LogP contribution in [0.1, 0.15) is 18.5 Å². The summed E-state index contributed by atoms with van der Waals surface area (Å²) in [6.07, 6.45) is 3.14. The molecule has 0 spiro atoms. The van der Waals surface area contributed by atoms with Crippen molar-refractivity contribution in [2.24, 2.45) is 0 Å². The predicted molar refractivity (Wildman–Crippen MR) is 61.1 cm³/mol. The fraction of sp³-hybridized carbons (Fsp3) is 0.273. The molecule has 78 valence electrons. The van der Waals surface area contributed by atoms with Crippen LogP contribution >= 0.6 is 15.9 Å². The van der Waals surface area contributed by atoms with Gasteiger partial charge >= 0.3 is 0 Å². The van der Waals surface area contributed by atoms with Crippen LogP contribution in [0.15, 0.2) is 34.6 Å². The largest absolute Gasteiger partial charge is 0.383 e. The second kappa shape index (κ2) is 4.57. The third kappa shape index (κ3) is 2.89. The van der Waals surface area contributed by atoms with Crippen LogP contribution in [0.2, 0.25) is 0 Å². The SMILES string of the molecule is O=C1C=C(NCc2cccc(Br)n2)CC1. The van der Waals surface area contributed by atoms with Crippen molar-refractivity contribution in [2.75, 3.05) is 0 Å². The van der Waals surface area contributed by atoms with Crippen LogP contribution in [0.25, 0.3) is 0 Å². The van der Waals surface area contributed by atoms with E-state index in [0.717, 1.165) is 22.4 Å². The average molecular weight is 267 g/mol. The van der Waals surface area contributed by atoms with Gasteiger partial charge in [0.15, 0.2) is 5.78 Å². The Morgan fingerprint density at radius 1 is 1.40 bits per heavy atom. The molecule has 1 aromatic rings. The van der Waals surface area contributed by atoms with Gasteiger partial charge in [0.2, 0.25) is 0 Å². The van der Waals surface area contributed by atoms with Crippen molar-refractivity contribution in [1.29, 1.82) is 0 Å². The van der Waals surface area contributed by atoms with Crippen LogP contribution in [0.5, 0.6) is 0 Å². The molecule has 1 N–H and O–H groups in total. The highest BCUT2D eigenvalue weighted by Gasteiger charge is 2.11. The second-order valence-electron chi connectivity index (χ2n) is 3.44. The number of pyridine rings is 1. The van der Waals surface area contributed by atoms with E-state index in [-0.39, 0.29) is 5.78 Å². The molecule has 0 saturated heterocycles. The maximum Gasteiger partial charge on any atom is 0.157 e. The monoisotopic (exact) mass is 266 g/mol. The van der Waals surface area contributed by atoms with E-state index in [9.17, 15) is 4.79 Å². The first-order valence-corrected chi connectivity index (χ1v) is 5.62. The summed E-state index contributed by atoms with van der Waals surface area (Å²) in [4.78, 5) is 15.3. The lowest BCUT2D eigenvalue weighted by Gasteiger charge is -2.05. The van der Waals surface area contributed by atoms with Crippen LogP contribution in [-0.4, -0.2) is 10.8 Å². The lowest BCUT2D eigenvalue weighted by Crippen LogP contribution is -2.12. The van der Waals surface area contributed by atoms with Crippen molar-refractivity contribution in [3.63, 3.8) is 0 Å². The smallest absolute Gasteiger partial charge is 0.157 e. The highest BCUT2D eigenvalue weighted by molar-refractivity contribution is 9.10. The summed E-state index contributed by atoms with van der Waals surface area (Å²) >= 11 is 3.32. The molecular formula is C11H11BrN2O. The minimum atomic E-state index is 0.208. The molecule has 0 radical (unpaired) electrons. The molecule has 0 atom stereocenters. The van der Waals surface area contributed by atoms with Gasteiger partial charge in [0.05, 0.1) is 12.2 Å². The third-order valence-corrected chi connectivity index (χ3v) is 2.69. The molecule has 0 amide bonds. The Balaban J connectivity index is 1.93. The van der Waals surface area contributed by atoms with Crippen LogP contribution in [0.4, 0.5) is 0 Å². The Labute approximate surface area is 96.7 Å². The molecule has 1 aliphatic carbocycles. The number of nitrogens with zero attached hydrogens (tertiary/aromatic N) is 1. The van der Waals surface area contributed by atoms with Crippen molar-refractivity contribution in [1.82, 2.24) is 10.3 Å². The number of rotatable bonds is 3. The second-order valence-corrected chi connectivity index (χ2v) is 4.25. The van der Waals surface area contributed by atoms with E-state index in [4.69, 9.17) is 0 Å². The number of hydrogen-bond acceptors (Lipinski definition) is 3. The Morgan fingerprint density at radius 2 is 2.27 bits per heavy atom. The Morgan fingerprint density at radius 3 is 2.93 bits per heavy atom. The summed E-state index contributed by atoms with van der Waals surface area (Å²) in [5, 5.41) is 3.21. The molecular weight excluding hydrogens is 256 g/mol. The van der Waals surface area contributed by atoms with E-state index in [1.54, 1.807) is 6.08 Å². The summed E-state index contributed by atoms with van der Waals surface area (Å²) in [5.41, 5.74) is 1.98. The molecule has 1 aliphatic rings. The maximum atomic E-state index is 11.0. The van der Waals surface area contributed by atoms with Gasteiger partial charge in [0.1, 0.15) is 4.60 Å². The Kier molecular flexibility index (Phi) is 3.16. The van der Waals surface area contributed by atoms with E-state index in [1.165, 1.54) is 0 Å². The van der Waals surface area contributed by atoms with Crippen molar-refractivity contribution >= 4 is 21.7 Å². The molecule has 0 aromatic carbocycles. The van der Waals surface area contributed by atoms with E-state index < -0.39 is 0 Å². The summed E-state index contributed by atoms with van der Waals surface area (Å²) in [6.45, 7) is 0.665. The topological polar surface area (TPSA) is 42.0 Å². The van der Waals surface area contributed by atoms with Gasteiger partial charge in [-0.05, 0) is 34.5 Å². The number of ketones is 1. The molecule has 0 fully saturated rings. The fourth-order valence-corrected chi connectivity index (χ4v) is 1.87. The zero-order valence-electron chi connectivity index (χ0n) is 8.16. The minimum absolute atomic E-state index is 0.208. The van der Waals surface area contributed by atoms with Crippen LogP contribution in [0, 0.1) is 0 Å². The lowest BCUT2D eigenvalue weighted by molar-refractivity contribution is -0.114. The number of nitrogens with one attached hydrogen (secondary N) is 1. The van der Waals surface area contributed by atoms with E-state index in [1.807, 2.05) is 18.2 Å². The summed E-state index contributed by atoms with van der Waals surface area (Å²) < 4.78 is 0.832. The fourth-order valence-electron chi connectivity index (χ4n) is 1.49. The van der Waals surface area contributed by atoms with Gasteiger partial charge in [0, 0.05) is 18.2 Å².